The Morgan fingerprint density at radius 3 is 2.75 bits per heavy atom. The third-order valence-electron chi connectivity index (χ3n) is 4.59. The quantitative estimate of drug-likeness (QED) is 0.676. The lowest BCUT2D eigenvalue weighted by atomic mass is 9.98. The molecule has 2 aliphatic carbocycles. The van der Waals surface area contributed by atoms with Crippen LogP contribution in [0, 0.1) is 5.92 Å². The lowest BCUT2D eigenvalue weighted by molar-refractivity contribution is 0.159. The molecule has 3 aliphatic rings. The van der Waals surface area contributed by atoms with Crippen molar-refractivity contribution in [2.24, 2.45) is 5.92 Å². The highest BCUT2D eigenvalue weighted by Gasteiger charge is 2.33. The molecule has 3 nitrogen and oxygen atoms in total. The predicted molar refractivity (Wildman–Crippen MR) is 98.2 cm³/mol. The number of ether oxygens (including phenoxy) is 2. The summed E-state index contributed by atoms with van der Waals surface area (Å²) in [6.07, 6.45) is 16.1. The second-order valence-corrected chi connectivity index (χ2v) is 7.02. The fraction of sp³-hybridized carbons (Fsp3) is 0.524. The Morgan fingerprint density at radius 2 is 2.04 bits per heavy atom. The molecule has 0 fully saturated rings. The summed E-state index contributed by atoms with van der Waals surface area (Å²) in [5.74, 6) is 2.81. The van der Waals surface area contributed by atoms with E-state index in [2.05, 4.69) is 55.2 Å². The molecule has 0 aromatic rings. The van der Waals surface area contributed by atoms with Gasteiger partial charge in [0.15, 0.2) is 0 Å². The van der Waals surface area contributed by atoms with Gasteiger partial charge in [0.1, 0.15) is 6.61 Å². The minimum absolute atomic E-state index is 0.401. The van der Waals surface area contributed by atoms with E-state index in [0.29, 0.717) is 18.6 Å². The number of allylic oxidation sites excluding steroid dienone is 6. The predicted octanol–water partition coefficient (Wildman–Crippen LogP) is 4.71. The van der Waals surface area contributed by atoms with Crippen molar-refractivity contribution in [3.63, 3.8) is 0 Å². The summed E-state index contributed by atoms with van der Waals surface area (Å²) in [5, 5.41) is 0. The van der Waals surface area contributed by atoms with Crippen LogP contribution < -0.4 is 0 Å². The van der Waals surface area contributed by atoms with E-state index in [4.69, 9.17) is 9.47 Å². The van der Waals surface area contributed by atoms with Crippen LogP contribution in [-0.4, -0.2) is 30.7 Å². The van der Waals surface area contributed by atoms with E-state index in [0.717, 1.165) is 43.9 Å². The minimum atomic E-state index is 0.401. The highest BCUT2D eigenvalue weighted by molar-refractivity contribution is 5.42. The van der Waals surface area contributed by atoms with Gasteiger partial charge in [-0.25, -0.2) is 0 Å². The zero-order chi connectivity index (χ0) is 16.9. The maximum atomic E-state index is 6.08. The van der Waals surface area contributed by atoms with E-state index < -0.39 is 0 Å². The SMILES string of the molecule is CCOC1=CC=C2C=C(COC3=CC=CCC3)N(CC(C)C)C2C1. The molecule has 0 aromatic carbocycles. The fourth-order valence-electron chi connectivity index (χ4n) is 3.51. The lowest BCUT2D eigenvalue weighted by Crippen LogP contribution is -2.36. The van der Waals surface area contributed by atoms with E-state index in [1.165, 1.54) is 11.3 Å². The van der Waals surface area contributed by atoms with Crippen LogP contribution in [0.2, 0.25) is 0 Å². The third-order valence-corrected chi connectivity index (χ3v) is 4.59. The maximum Gasteiger partial charge on any atom is 0.127 e. The van der Waals surface area contributed by atoms with E-state index in [1.807, 2.05) is 6.92 Å². The highest BCUT2D eigenvalue weighted by Crippen LogP contribution is 2.35. The number of hydrogen-bond acceptors (Lipinski definition) is 3. The van der Waals surface area contributed by atoms with Gasteiger partial charge >= 0.3 is 0 Å². The molecule has 0 saturated carbocycles. The molecular formula is C21H29NO2. The number of fused-ring (bicyclic) bond motifs is 1. The van der Waals surface area contributed by atoms with Crippen LogP contribution in [-0.2, 0) is 9.47 Å². The van der Waals surface area contributed by atoms with Gasteiger partial charge in [0, 0.05) is 19.4 Å². The smallest absolute Gasteiger partial charge is 0.127 e. The van der Waals surface area contributed by atoms with Crippen LogP contribution in [0.3, 0.4) is 0 Å². The van der Waals surface area contributed by atoms with Crippen LogP contribution in [0.1, 0.15) is 40.0 Å². The molecule has 1 aliphatic heterocycles. The normalized spacial score (nSPS) is 22.7. The van der Waals surface area contributed by atoms with Crippen LogP contribution in [0.15, 0.2) is 59.2 Å². The van der Waals surface area contributed by atoms with Gasteiger partial charge in [0.05, 0.1) is 29.9 Å². The van der Waals surface area contributed by atoms with Crippen molar-refractivity contribution in [3.8, 4) is 0 Å². The van der Waals surface area contributed by atoms with E-state index >= 15 is 0 Å². The molecule has 1 heterocycles. The molecule has 0 spiro atoms. The molecule has 0 aromatic heterocycles. The van der Waals surface area contributed by atoms with Gasteiger partial charge in [-0.3, -0.25) is 0 Å². The Bertz CT molecular complexity index is 607. The molecule has 130 valence electrons. The monoisotopic (exact) mass is 327 g/mol. The average molecular weight is 327 g/mol. The summed E-state index contributed by atoms with van der Waals surface area (Å²) >= 11 is 0. The van der Waals surface area contributed by atoms with Gasteiger partial charge in [-0.15, -0.1) is 0 Å². The fourth-order valence-corrected chi connectivity index (χ4v) is 3.51. The largest absolute Gasteiger partial charge is 0.498 e. The first-order valence-corrected chi connectivity index (χ1v) is 9.16. The molecule has 0 amide bonds. The standard InChI is InChI=1S/C21H29NO2/c1-4-23-20-11-10-17-12-18(15-24-19-8-6-5-7-9-19)22(14-16(2)3)21(17)13-20/h5-6,8,10-12,16,21H,4,7,9,13-15H2,1-3H3. The summed E-state index contributed by atoms with van der Waals surface area (Å²) in [4.78, 5) is 2.52. The van der Waals surface area contributed by atoms with Gasteiger partial charge in [-0.05, 0) is 43.1 Å². The van der Waals surface area contributed by atoms with E-state index in [1.54, 1.807) is 0 Å². The third kappa shape index (κ3) is 3.95. The van der Waals surface area contributed by atoms with Gasteiger partial charge < -0.3 is 14.4 Å². The number of hydrogen-bond donors (Lipinski definition) is 0. The van der Waals surface area contributed by atoms with Crippen molar-refractivity contribution < 1.29 is 9.47 Å². The van der Waals surface area contributed by atoms with Crippen LogP contribution >= 0.6 is 0 Å². The summed E-state index contributed by atoms with van der Waals surface area (Å²) < 4.78 is 11.8. The van der Waals surface area contributed by atoms with Gasteiger partial charge in [-0.2, -0.15) is 0 Å². The summed E-state index contributed by atoms with van der Waals surface area (Å²) in [5.41, 5.74) is 2.68. The van der Waals surface area contributed by atoms with Crippen molar-refractivity contribution in [1.82, 2.24) is 4.90 Å². The Kier molecular flexibility index (Phi) is 5.49. The van der Waals surface area contributed by atoms with Gasteiger partial charge in [0.2, 0.25) is 0 Å². The Balaban J connectivity index is 1.72. The van der Waals surface area contributed by atoms with E-state index in [9.17, 15) is 0 Å². The second-order valence-electron chi connectivity index (χ2n) is 7.02. The molecule has 3 rings (SSSR count). The number of rotatable bonds is 7. The molecule has 0 radical (unpaired) electrons. The molecule has 24 heavy (non-hydrogen) atoms. The van der Waals surface area contributed by atoms with Crippen molar-refractivity contribution in [1.29, 1.82) is 0 Å². The summed E-state index contributed by atoms with van der Waals surface area (Å²) in [6.45, 7) is 9.04. The molecule has 0 N–H and O–H groups in total. The van der Waals surface area contributed by atoms with Crippen LogP contribution in [0.4, 0.5) is 0 Å². The zero-order valence-corrected chi connectivity index (χ0v) is 15.1. The molecule has 3 heteroatoms. The second kappa shape index (κ2) is 7.78. The number of nitrogens with zero attached hydrogens (tertiary/aromatic N) is 1. The van der Waals surface area contributed by atoms with Crippen molar-refractivity contribution in [2.45, 2.75) is 46.1 Å². The first-order chi connectivity index (χ1) is 11.7. The minimum Gasteiger partial charge on any atom is -0.498 e. The average Bonchev–Trinajstić information content (AvgIpc) is 2.91. The molecular weight excluding hydrogens is 298 g/mol. The Labute approximate surface area is 146 Å². The molecule has 1 atom stereocenters. The first kappa shape index (κ1) is 16.9. The van der Waals surface area contributed by atoms with Gasteiger partial charge in [-0.1, -0.05) is 32.1 Å². The highest BCUT2D eigenvalue weighted by atomic mass is 16.5. The van der Waals surface area contributed by atoms with Gasteiger partial charge in [0.25, 0.3) is 0 Å². The van der Waals surface area contributed by atoms with Crippen molar-refractivity contribution in [3.05, 3.63) is 59.2 Å². The molecule has 0 saturated heterocycles. The van der Waals surface area contributed by atoms with Crippen molar-refractivity contribution in [2.75, 3.05) is 19.8 Å². The lowest BCUT2D eigenvalue weighted by Gasteiger charge is -2.33. The van der Waals surface area contributed by atoms with E-state index in [-0.39, 0.29) is 0 Å². The maximum absolute atomic E-state index is 6.08. The Hall–Kier alpha value is -1.90. The first-order valence-electron chi connectivity index (χ1n) is 9.16. The topological polar surface area (TPSA) is 21.7 Å². The molecule has 0 bridgehead atoms. The summed E-state index contributed by atoms with van der Waals surface area (Å²) in [7, 11) is 0. The zero-order valence-electron chi connectivity index (χ0n) is 15.1. The van der Waals surface area contributed by atoms with Crippen LogP contribution in [0.5, 0.6) is 0 Å². The molecule has 1 unspecified atom stereocenters. The van der Waals surface area contributed by atoms with Crippen molar-refractivity contribution >= 4 is 0 Å². The Morgan fingerprint density at radius 1 is 1.17 bits per heavy atom. The summed E-state index contributed by atoms with van der Waals surface area (Å²) in [6, 6.07) is 0.401. The van der Waals surface area contributed by atoms with Crippen LogP contribution in [0.25, 0.3) is 0 Å².